The predicted molar refractivity (Wildman–Crippen MR) is 118 cm³/mol. The van der Waals surface area contributed by atoms with Crippen molar-refractivity contribution in [3.05, 3.63) is 74.9 Å². The minimum atomic E-state index is -4.53. The van der Waals surface area contributed by atoms with Gasteiger partial charge in [-0.2, -0.15) is 0 Å². The summed E-state index contributed by atoms with van der Waals surface area (Å²) in [5.41, 5.74) is -1.50. The molecule has 0 aliphatic carbocycles. The van der Waals surface area contributed by atoms with Crippen LogP contribution >= 0.6 is 0 Å². The molecular weight excluding hydrogens is 470 g/mol. The van der Waals surface area contributed by atoms with E-state index in [0.29, 0.717) is 0 Å². The fourth-order valence-electron chi connectivity index (χ4n) is 3.37. The highest BCUT2D eigenvalue weighted by Crippen LogP contribution is 2.43. The van der Waals surface area contributed by atoms with Gasteiger partial charge in [0.1, 0.15) is 22.5 Å². The summed E-state index contributed by atoms with van der Waals surface area (Å²) < 4.78 is 37.2. The summed E-state index contributed by atoms with van der Waals surface area (Å²) in [7, 11) is -3.40. The van der Waals surface area contributed by atoms with Crippen LogP contribution in [0.5, 0.6) is 23.0 Å². The van der Waals surface area contributed by atoms with Crippen molar-refractivity contribution in [2.75, 3.05) is 7.11 Å². The molecule has 0 amide bonds. The van der Waals surface area contributed by atoms with E-state index < -0.39 is 46.9 Å². The lowest BCUT2D eigenvalue weighted by molar-refractivity contribution is -0.384. The first-order valence-electron chi connectivity index (χ1n) is 9.45. The Morgan fingerprint density at radius 2 is 1.59 bits per heavy atom. The summed E-state index contributed by atoms with van der Waals surface area (Å²) in [5, 5.41) is 41.0. The minimum Gasteiger partial charge on any atom is -0.508 e. The molecule has 4 aromatic rings. The van der Waals surface area contributed by atoms with Gasteiger partial charge in [0, 0.05) is 23.8 Å². The molecule has 4 rings (SSSR count). The lowest BCUT2D eigenvalue weighted by Gasteiger charge is -2.14. The highest BCUT2D eigenvalue weighted by atomic mass is 32.2. The van der Waals surface area contributed by atoms with Gasteiger partial charge in [-0.3, -0.25) is 14.9 Å². The Morgan fingerprint density at radius 3 is 2.15 bits per heavy atom. The Balaban J connectivity index is 1.99. The molecule has 0 bridgehead atoms. The number of hydrogen-bond donors (Lipinski definition) is 3. The van der Waals surface area contributed by atoms with Crippen molar-refractivity contribution >= 4 is 26.5 Å². The highest BCUT2D eigenvalue weighted by molar-refractivity contribution is 7.91. The van der Waals surface area contributed by atoms with Crippen LogP contribution in [0.25, 0.3) is 22.3 Å². The summed E-state index contributed by atoms with van der Waals surface area (Å²) in [6, 6.07) is 10.3. The van der Waals surface area contributed by atoms with Crippen molar-refractivity contribution in [1.29, 1.82) is 0 Å². The lowest BCUT2D eigenvalue weighted by atomic mass is 10.1. The van der Waals surface area contributed by atoms with Gasteiger partial charge in [-0.15, -0.1) is 0 Å². The van der Waals surface area contributed by atoms with Gasteiger partial charge in [0.05, 0.1) is 16.9 Å². The number of hydrogen-bond acceptors (Lipinski definition) is 10. The molecular formula is C22H15NO10S. The van der Waals surface area contributed by atoms with E-state index in [4.69, 9.17) is 9.15 Å². The van der Waals surface area contributed by atoms with Crippen LogP contribution < -0.4 is 10.2 Å². The summed E-state index contributed by atoms with van der Waals surface area (Å²) >= 11 is 0. The lowest BCUT2D eigenvalue weighted by Crippen LogP contribution is -2.09. The van der Waals surface area contributed by atoms with Crippen molar-refractivity contribution in [2.45, 2.75) is 9.79 Å². The zero-order valence-electron chi connectivity index (χ0n) is 17.3. The van der Waals surface area contributed by atoms with E-state index in [1.54, 1.807) is 0 Å². The smallest absolute Gasteiger partial charge is 0.269 e. The third-order valence-corrected chi connectivity index (χ3v) is 6.85. The Morgan fingerprint density at radius 1 is 0.971 bits per heavy atom. The number of phenolic OH excluding ortho intramolecular Hbond substituents is 2. The molecule has 34 heavy (non-hydrogen) atoms. The first-order chi connectivity index (χ1) is 16.1. The van der Waals surface area contributed by atoms with E-state index >= 15 is 0 Å². The Kier molecular flexibility index (Phi) is 5.37. The van der Waals surface area contributed by atoms with E-state index in [-0.39, 0.29) is 34.1 Å². The summed E-state index contributed by atoms with van der Waals surface area (Å²) in [4.78, 5) is 21.9. The monoisotopic (exact) mass is 485 g/mol. The predicted octanol–water partition coefficient (Wildman–Crippen LogP) is 3.33. The summed E-state index contributed by atoms with van der Waals surface area (Å²) in [6.07, 6.45) is 0. The van der Waals surface area contributed by atoms with Crippen molar-refractivity contribution in [2.24, 2.45) is 0 Å². The second-order valence-corrected chi connectivity index (χ2v) is 8.93. The molecule has 174 valence electrons. The van der Waals surface area contributed by atoms with E-state index in [1.807, 2.05) is 0 Å². The maximum Gasteiger partial charge on any atom is 0.269 e. The fourth-order valence-corrected chi connectivity index (χ4v) is 4.86. The number of nitro groups is 1. The van der Waals surface area contributed by atoms with Gasteiger partial charge in [0.2, 0.25) is 21.0 Å². The molecule has 0 radical (unpaired) electrons. The molecule has 3 N–H and O–H groups in total. The van der Waals surface area contributed by atoms with Crippen LogP contribution in [0.3, 0.4) is 0 Å². The molecule has 3 aromatic carbocycles. The van der Waals surface area contributed by atoms with Gasteiger partial charge < -0.3 is 24.5 Å². The molecule has 0 atom stereocenters. The fraction of sp³-hybridized carbons (Fsp3) is 0.0455. The SMILES string of the molecule is COc1cc2oc(-c3ccc(O)cc3)c(O)c(=O)c2c(O)c1S(=O)(=O)c1ccc([N+](=O)[O-])cc1. The molecule has 11 nitrogen and oxygen atoms in total. The van der Waals surface area contributed by atoms with E-state index in [9.17, 15) is 38.6 Å². The number of nitro benzene ring substituents is 1. The normalized spacial score (nSPS) is 11.4. The minimum absolute atomic E-state index is 0.0632. The van der Waals surface area contributed by atoms with E-state index in [1.165, 1.54) is 24.3 Å². The largest absolute Gasteiger partial charge is 0.508 e. The van der Waals surface area contributed by atoms with Crippen molar-refractivity contribution in [1.82, 2.24) is 0 Å². The molecule has 0 saturated heterocycles. The number of ether oxygens (including phenoxy) is 1. The van der Waals surface area contributed by atoms with Crippen LogP contribution in [0, 0.1) is 10.1 Å². The Labute approximate surface area is 190 Å². The number of methoxy groups -OCH3 is 1. The van der Waals surface area contributed by atoms with Crippen LogP contribution in [0.4, 0.5) is 5.69 Å². The van der Waals surface area contributed by atoms with Crippen LogP contribution in [0.1, 0.15) is 0 Å². The zero-order valence-corrected chi connectivity index (χ0v) is 18.1. The summed E-state index contributed by atoms with van der Waals surface area (Å²) in [6.45, 7) is 0. The third-order valence-electron chi connectivity index (χ3n) is 5.03. The quantitative estimate of drug-likeness (QED) is 0.280. The van der Waals surface area contributed by atoms with Crippen LogP contribution in [-0.4, -0.2) is 35.8 Å². The molecule has 1 aromatic heterocycles. The van der Waals surface area contributed by atoms with Gasteiger partial charge in [-0.1, -0.05) is 0 Å². The molecule has 1 heterocycles. The van der Waals surface area contributed by atoms with Gasteiger partial charge in [-0.05, 0) is 36.4 Å². The van der Waals surface area contributed by atoms with Crippen LogP contribution in [0.15, 0.2) is 73.6 Å². The molecule has 0 saturated carbocycles. The maximum absolute atomic E-state index is 13.2. The van der Waals surface area contributed by atoms with Crippen molar-refractivity contribution < 1.29 is 37.8 Å². The number of phenols is 2. The maximum atomic E-state index is 13.2. The number of nitrogens with zero attached hydrogens (tertiary/aromatic N) is 1. The second-order valence-electron chi connectivity index (χ2n) is 7.04. The first-order valence-corrected chi connectivity index (χ1v) is 10.9. The summed E-state index contributed by atoms with van der Waals surface area (Å²) in [5.74, 6) is -2.61. The molecule has 0 aliphatic heterocycles. The van der Waals surface area contributed by atoms with Gasteiger partial charge >= 0.3 is 0 Å². The first kappa shape index (κ1) is 22.6. The highest BCUT2D eigenvalue weighted by Gasteiger charge is 2.31. The molecule has 0 unspecified atom stereocenters. The number of non-ortho nitro benzene ring substituents is 1. The average molecular weight is 485 g/mol. The number of benzene rings is 3. The Bertz CT molecular complexity index is 1610. The number of sulfone groups is 1. The molecule has 0 aliphatic rings. The topological polar surface area (TPSA) is 177 Å². The van der Waals surface area contributed by atoms with E-state index in [2.05, 4.69) is 0 Å². The third kappa shape index (κ3) is 3.55. The molecule has 12 heteroatoms. The van der Waals surface area contributed by atoms with Crippen molar-refractivity contribution in [3.8, 4) is 34.3 Å². The van der Waals surface area contributed by atoms with Gasteiger partial charge in [0.25, 0.3) is 5.69 Å². The van der Waals surface area contributed by atoms with Gasteiger partial charge in [0.15, 0.2) is 16.4 Å². The average Bonchev–Trinajstić information content (AvgIpc) is 2.81. The number of aromatic hydroxyl groups is 3. The standard InChI is InChI=1S/C22H15NO10S/c1-32-16-10-15-17(18(25)20(27)21(33-15)11-2-6-13(24)7-3-11)19(26)22(16)34(30,31)14-8-4-12(5-9-14)23(28)29/h2-10,24,26-27H,1H3. The Hall–Kier alpha value is -4.58. The number of fused-ring (bicyclic) bond motifs is 1. The molecule has 0 fully saturated rings. The van der Waals surface area contributed by atoms with E-state index in [0.717, 1.165) is 37.4 Å². The second kappa shape index (κ2) is 8.08. The van der Waals surface area contributed by atoms with Crippen molar-refractivity contribution in [3.63, 3.8) is 0 Å². The zero-order chi connectivity index (χ0) is 24.8. The van der Waals surface area contributed by atoms with Crippen LogP contribution in [0.2, 0.25) is 0 Å². The van der Waals surface area contributed by atoms with Crippen LogP contribution in [-0.2, 0) is 9.84 Å². The van der Waals surface area contributed by atoms with Gasteiger partial charge in [-0.25, -0.2) is 8.42 Å². The number of rotatable bonds is 5. The molecule has 0 spiro atoms.